The highest BCUT2D eigenvalue weighted by Gasteiger charge is 2.35. The van der Waals surface area contributed by atoms with Gasteiger partial charge in [0.2, 0.25) is 5.91 Å². The molecule has 0 aromatic heterocycles. The fraction of sp³-hybridized carbons (Fsp3) is 0.882. The van der Waals surface area contributed by atoms with Crippen LogP contribution >= 0.6 is 0 Å². The molecule has 1 atom stereocenters. The molecular weight excluding hydrogens is 326 g/mol. The quantitative estimate of drug-likeness (QED) is 0.731. The molecule has 2 fully saturated rings. The summed E-state index contributed by atoms with van der Waals surface area (Å²) in [5.74, 6) is 0.196. The van der Waals surface area contributed by atoms with E-state index in [1.807, 2.05) is 11.8 Å². The van der Waals surface area contributed by atoms with Gasteiger partial charge in [0.1, 0.15) is 5.54 Å². The van der Waals surface area contributed by atoms with Crippen LogP contribution in [0.5, 0.6) is 0 Å². The molecule has 0 radical (unpaired) electrons. The standard InChI is InChI=1S/C17H29N3O3S/c1-2-10-20(15-7-11-24(22,23)13-15)12-16(21)19-17(14-18)8-5-3-4-6-9-17/h15H,2-13H2,1H3,(H,19,21). The topological polar surface area (TPSA) is 90.3 Å². The average molecular weight is 356 g/mol. The SMILES string of the molecule is CCCN(CC(=O)NC1(C#N)CCCCCC1)C1CCS(=O)(=O)C1. The van der Waals surface area contributed by atoms with E-state index in [0.717, 1.165) is 32.1 Å². The number of hydrogen-bond donors (Lipinski definition) is 1. The second kappa shape index (κ2) is 8.30. The molecule has 24 heavy (non-hydrogen) atoms. The van der Waals surface area contributed by atoms with Crippen LogP contribution in [0.25, 0.3) is 0 Å². The van der Waals surface area contributed by atoms with Gasteiger partial charge >= 0.3 is 0 Å². The molecule has 1 unspecified atom stereocenters. The van der Waals surface area contributed by atoms with Gasteiger partial charge in [0, 0.05) is 6.04 Å². The lowest BCUT2D eigenvalue weighted by molar-refractivity contribution is -0.124. The van der Waals surface area contributed by atoms with E-state index in [2.05, 4.69) is 11.4 Å². The van der Waals surface area contributed by atoms with Crippen LogP contribution in [0.3, 0.4) is 0 Å². The first-order valence-corrected chi connectivity index (χ1v) is 10.9. The lowest BCUT2D eigenvalue weighted by Gasteiger charge is -2.30. The molecule has 2 rings (SSSR count). The van der Waals surface area contributed by atoms with Crippen LogP contribution in [0.15, 0.2) is 0 Å². The zero-order valence-corrected chi connectivity index (χ0v) is 15.4. The van der Waals surface area contributed by atoms with E-state index >= 15 is 0 Å². The first-order valence-electron chi connectivity index (χ1n) is 9.06. The number of sulfone groups is 1. The van der Waals surface area contributed by atoms with Crippen molar-refractivity contribution in [2.45, 2.75) is 69.9 Å². The number of hydrogen-bond acceptors (Lipinski definition) is 5. The predicted molar refractivity (Wildman–Crippen MR) is 93.1 cm³/mol. The van der Waals surface area contributed by atoms with Crippen LogP contribution in [0.1, 0.15) is 58.3 Å². The Labute approximate surface area is 145 Å². The van der Waals surface area contributed by atoms with Gasteiger partial charge in [-0.05, 0) is 32.2 Å². The van der Waals surface area contributed by atoms with Crippen molar-refractivity contribution in [2.24, 2.45) is 0 Å². The predicted octanol–water partition coefficient (Wildman–Crippen LogP) is 1.62. The molecule has 1 heterocycles. The van der Waals surface area contributed by atoms with Gasteiger partial charge in [-0.15, -0.1) is 0 Å². The highest BCUT2D eigenvalue weighted by Crippen LogP contribution is 2.26. The fourth-order valence-electron chi connectivity index (χ4n) is 3.83. The maximum atomic E-state index is 12.5. The Morgan fingerprint density at radius 3 is 2.46 bits per heavy atom. The normalized spacial score (nSPS) is 25.8. The van der Waals surface area contributed by atoms with E-state index < -0.39 is 15.4 Å². The molecule has 1 aliphatic carbocycles. The van der Waals surface area contributed by atoms with Crippen molar-refractivity contribution in [2.75, 3.05) is 24.6 Å². The Kier molecular flexibility index (Phi) is 6.64. The van der Waals surface area contributed by atoms with Crippen LogP contribution in [-0.4, -0.2) is 55.4 Å². The van der Waals surface area contributed by atoms with Gasteiger partial charge < -0.3 is 5.32 Å². The van der Waals surface area contributed by atoms with Crippen LogP contribution < -0.4 is 5.32 Å². The van der Waals surface area contributed by atoms with Crippen LogP contribution in [0.4, 0.5) is 0 Å². The lowest BCUT2D eigenvalue weighted by atomic mass is 9.92. The molecule has 0 spiro atoms. The maximum Gasteiger partial charge on any atom is 0.235 e. The van der Waals surface area contributed by atoms with Gasteiger partial charge in [0.05, 0.1) is 24.1 Å². The summed E-state index contributed by atoms with van der Waals surface area (Å²) in [5, 5.41) is 12.5. The highest BCUT2D eigenvalue weighted by atomic mass is 32.2. The van der Waals surface area contributed by atoms with Crippen molar-refractivity contribution in [1.82, 2.24) is 10.2 Å². The molecule has 6 nitrogen and oxygen atoms in total. The Morgan fingerprint density at radius 1 is 1.29 bits per heavy atom. The molecule has 1 amide bonds. The molecular formula is C17H29N3O3S. The van der Waals surface area contributed by atoms with Crippen molar-refractivity contribution in [3.05, 3.63) is 0 Å². The van der Waals surface area contributed by atoms with E-state index in [-0.39, 0.29) is 30.0 Å². The highest BCUT2D eigenvalue weighted by molar-refractivity contribution is 7.91. The third kappa shape index (κ3) is 5.18. The van der Waals surface area contributed by atoms with Gasteiger partial charge in [0.25, 0.3) is 0 Å². The van der Waals surface area contributed by atoms with Crippen molar-refractivity contribution in [1.29, 1.82) is 5.26 Å². The summed E-state index contributed by atoms with van der Waals surface area (Å²) >= 11 is 0. The largest absolute Gasteiger partial charge is 0.337 e. The molecule has 1 saturated carbocycles. The van der Waals surface area contributed by atoms with E-state index in [0.29, 0.717) is 25.8 Å². The van der Waals surface area contributed by atoms with Crippen molar-refractivity contribution in [3.8, 4) is 6.07 Å². The number of carbonyl (C=O) groups excluding carboxylic acids is 1. The molecule has 7 heteroatoms. The Balaban J connectivity index is 1.98. The minimum absolute atomic E-state index is 0.0760. The van der Waals surface area contributed by atoms with Gasteiger partial charge in [-0.2, -0.15) is 5.26 Å². The van der Waals surface area contributed by atoms with Crippen molar-refractivity contribution in [3.63, 3.8) is 0 Å². The fourth-order valence-corrected chi connectivity index (χ4v) is 5.59. The number of nitrogens with one attached hydrogen (secondary N) is 1. The number of nitriles is 1. The minimum atomic E-state index is -2.97. The molecule has 2 aliphatic rings. The van der Waals surface area contributed by atoms with Crippen LogP contribution in [-0.2, 0) is 14.6 Å². The van der Waals surface area contributed by atoms with Crippen molar-refractivity contribution < 1.29 is 13.2 Å². The zero-order valence-electron chi connectivity index (χ0n) is 14.6. The summed E-state index contributed by atoms with van der Waals surface area (Å²) in [6.45, 7) is 2.90. The molecule has 1 N–H and O–H groups in total. The summed E-state index contributed by atoms with van der Waals surface area (Å²) in [6, 6.07) is 2.25. The van der Waals surface area contributed by atoms with Gasteiger partial charge in [-0.25, -0.2) is 8.42 Å². The monoisotopic (exact) mass is 355 g/mol. The lowest BCUT2D eigenvalue weighted by Crippen LogP contribution is -2.52. The summed E-state index contributed by atoms with van der Waals surface area (Å²) in [7, 11) is -2.97. The summed E-state index contributed by atoms with van der Waals surface area (Å²) in [4.78, 5) is 14.5. The van der Waals surface area contributed by atoms with Gasteiger partial charge in [-0.1, -0.05) is 32.6 Å². The molecule has 0 bridgehead atoms. The maximum absolute atomic E-state index is 12.5. The van der Waals surface area contributed by atoms with E-state index in [4.69, 9.17) is 0 Å². The van der Waals surface area contributed by atoms with Crippen LogP contribution in [0, 0.1) is 11.3 Å². The first-order chi connectivity index (χ1) is 11.4. The molecule has 0 aromatic carbocycles. The smallest absolute Gasteiger partial charge is 0.235 e. The summed E-state index contributed by atoms with van der Waals surface area (Å²) < 4.78 is 23.4. The Morgan fingerprint density at radius 2 is 1.96 bits per heavy atom. The Bertz CT molecular complexity index is 574. The van der Waals surface area contributed by atoms with E-state index in [1.165, 1.54) is 0 Å². The van der Waals surface area contributed by atoms with Crippen LogP contribution in [0.2, 0.25) is 0 Å². The van der Waals surface area contributed by atoms with Gasteiger partial charge in [0.15, 0.2) is 9.84 Å². The second-order valence-electron chi connectivity index (χ2n) is 7.18. The number of rotatable bonds is 6. The average Bonchev–Trinajstić information content (AvgIpc) is 2.75. The number of carbonyl (C=O) groups is 1. The third-order valence-corrected chi connectivity index (χ3v) is 6.88. The number of amides is 1. The molecule has 1 aliphatic heterocycles. The Hall–Kier alpha value is -1.13. The summed E-state index contributed by atoms with van der Waals surface area (Å²) in [5.41, 5.74) is -0.743. The summed E-state index contributed by atoms with van der Waals surface area (Å²) in [6.07, 6.45) is 7.04. The van der Waals surface area contributed by atoms with E-state index in [9.17, 15) is 18.5 Å². The molecule has 0 aromatic rings. The molecule has 1 saturated heterocycles. The van der Waals surface area contributed by atoms with Crippen molar-refractivity contribution >= 4 is 15.7 Å². The number of nitrogens with zero attached hydrogens (tertiary/aromatic N) is 2. The van der Waals surface area contributed by atoms with Gasteiger partial charge in [-0.3, -0.25) is 9.69 Å². The zero-order chi connectivity index (χ0) is 17.6. The first kappa shape index (κ1) is 19.2. The third-order valence-electron chi connectivity index (χ3n) is 5.13. The minimum Gasteiger partial charge on any atom is -0.337 e. The molecule has 136 valence electrons. The second-order valence-corrected chi connectivity index (χ2v) is 9.41. The van der Waals surface area contributed by atoms with E-state index in [1.54, 1.807) is 0 Å².